The van der Waals surface area contributed by atoms with Crippen LogP contribution in [0.1, 0.15) is 11.7 Å². The molecule has 222 valence electrons. The van der Waals surface area contributed by atoms with Gasteiger partial charge in [0.1, 0.15) is 23.2 Å². The molecule has 0 aliphatic carbocycles. The van der Waals surface area contributed by atoms with Crippen molar-refractivity contribution in [1.29, 1.82) is 0 Å². The van der Waals surface area contributed by atoms with Gasteiger partial charge in [-0.15, -0.1) is 13.2 Å². The Morgan fingerprint density at radius 3 is 2.07 bits per heavy atom. The highest BCUT2D eigenvalue weighted by atomic mass is 32.1. The number of methoxy groups -OCH3 is 2. The Labute approximate surface area is 248 Å². The second kappa shape index (κ2) is 13.2. The predicted molar refractivity (Wildman–Crippen MR) is 158 cm³/mol. The number of carboxylic acids is 1. The van der Waals surface area contributed by atoms with Gasteiger partial charge in [-0.2, -0.15) is 0 Å². The number of anilines is 2. The number of ether oxygens (including phenoxy) is 3. The molecule has 1 atom stereocenters. The number of carbonyl (C=O) groups is 3. The first kappa shape index (κ1) is 31.6. The first-order chi connectivity index (χ1) is 20.0. The zero-order valence-corrected chi connectivity index (χ0v) is 24.6. The molecule has 1 saturated heterocycles. The molecule has 0 radical (unpaired) electrons. The van der Waals surface area contributed by atoms with Gasteiger partial charge in [0.15, 0.2) is 23.3 Å². The van der Waals surface area contributed by atoms with E-state index in [-0.39, 0.29) is 40.2 Å². The van der Waals surface area contributed by atoms with Crippen molar-refractivity contribution in [1.82, 2.24) is 9.80 Å². The van der Waals surface area contributed by atoms with Gasteiger partial charge in [-0.1, -0.05) is 12.1 Å². The molecule has 4 rings (SSSR count). The van der Waals surface area contributed by atoms with Crippen molar-refractivity contribution in [3.05, 3.63) is 78.7 Å². The van der Waals surface area contributed by atoms with Crippen LogP contribution < -0.4 is 29.1 Å². The van der Waals surface area contributed by atoms with Gasteiger partial charge >= 0.3 is 0 Å². The molecule has 2 aromatic rings. The Balaban J connectivity index is 0.00000237. The van der Waals surface area contributed by atoms with E-state index in [1.165, 1.54) is 56.3 Å². The van der Waals surface area contributed by atoms with Crippen molar-refractivity contribution in [2.45, 2.75) is 6.10 Å². The van der Waals surface area contributed by atoms with Gasteiger partial charge in [0.25, 0.3) is 11.8 Å². The van der Waals surface area contributed by atoms with E-state index >= 15 is 0 Å². The number of aliphatic hydroxyl groups is 1. The number of aliphatic carboxylic acids is 1. The molecule has 2 amide bonds. The number of carbonyl (C=O) groups excluding carboxylic acids is 3. The van der Waals surface area contributed by atoms with Crippen LogP contribution in [0, 0.1) is 0 Å². The average molecular weight is 596 g/mol. The number of likely N-dealkylation sites (N-methyl/N-ethyl adjacent to an activating group) is 2. The zero-order chi connectivity index (χ0) is 31.3. The fraction of sp³-hybridized carbons (Fsp3) is 0.241. The fourth-order valence-corrected chi connectivity index (χ4v) is 4.54. The minimum absolute atomic E-state index is 0.0511. The molecule has 1 fully saturated rings. The molecule has 0 aromatic heterocycles. The minimum atomic E-state index is -1.93. The monoisotopic (exact) mass is 595 g/mol. The molecule has 2 aromatic carbocycles. The summed E-state index contributed by atoms with van der Waals surface area (Å²) >= 11 is 5.16. The van der Waals surface area contributed by atoms with Crippen molar-refractivity contribution in [3.63, 3.8) is 0 Å². The molecule has 1 unspecified atom stereocenters. The van der Waals surface area contributed by atoms with Crippen LogP contribution in [-0.4, -0.2) is 79.9 Å². The van der Waals surface area contributed by atoms with Crippen LogP contribution in [0.25, 0.3) is 0 Å². The summed E-state index contributed by atoms with van der Waals surface area (Å²) in [6.07, 6.45) is 1.16. The van der Waals surface area contributed by atoms with Crippen LogP contribution >= 0.6 is 12.2 Å². The van der Waals surface area contributed by atoms with Crippen molar-refractivity contribution >= 4 is 46.5 Å². The van der Waals surface area contributed by atoms with Crippen molar-refractivity contribution in [2.75, 3.05) is 51.9 Å². The molecule has 2 aliphatic heterocycles. The number of nitrogens with zero attached hydrogens (tertiary/aromatic N) is 4. The number of aliphatic hydroxyl groups excluding tert-OH is 1. The van der Waals surface area contributed by atoms with Gasteiger partial charge in [0.05, 0.1) is 31.6 Å². The number of hydrogen-bond donors (Lipinski definition) is 1. The molecule has 2 heterocycles. The Morgan fingerprint density at radius 2 is 1.52 bits per heavy atom. The number of carboxylic acid groups (broad SMARTS) is 1. The average Bonchev–Trinajstić information content (AvgIpc) is 3.28. The summed E-state index contributed by atoms with van der Waals surface area (Å²) in [5.41, 5.74) is 1.54. The van der Waals surface area contributed by atoms with Crippen LogP contribution in [0.15, 0.2) is 73.1 Å². The maximum Gasteiger partial charge on any atom is 0.265 e. The molecule has 0 bridgehead atoms. The standard InChI is InChI=1S/C27H28N4O8S.C2H4/c1-28-17-8-6-7-9-18(17)31(22(28)11-10-15-24(33)29(2)27(40)30(3)25(15)34)14-39-21-13-19(37-4)16(12-20(21)38-5)23(32)26(35)36;1-2/h6-13,23,32H,14H2,1-5H3,(H,35,36);1-2H2/p-1/b22-11+;. The molecule has 12 nitrogen and oxygen atoms in total. The highest BCUT2D eigenvalue weighted by molar-refractivity contribution is 7.80. The first-order valence-corrected chi connectivity index (χ1v) is 12.8. The van der Waals surface area contributed by atoms with Gasteiger partial charge in [-0.3, -0.25) is 24.3 Å². The summed E-state index contributed by atoms with van der Waals surface area (Å²) in [4.78, 5) is 43.0. The van der Waals surface area contributed by atoms with Gasteiger partial charge in [-0.05, 0) is 42.6 Å². The third kappa shape index (κ3) is 5.78. The lowest BCUT2D eigenvalue weighted by atomic mass is 10.1. The van der Waals surface area contributed by atoms with E-state index < -0.39 is 23.9 Å². The molecule has 2 aliphatic rings. The van der Waals surface area contributed by atoms with E-state index in [1.807, 2.05) is 41.1 Å². The smallest absolute Gasteiger partial charge is 0.265 e. The second-order valence-electron chi connectivity index (χ2n) is 8.83. The lowest BCUT2D eigenvalue weighted by Gasteiger charge is -2.31. The largest absolute Gasteiger partial charge is 0.547 e. The normalized spacial score (nSPS) is 16.2. The number of amides is 2. The van der Waals surface area contributed by atoms with Crippen LogP contribution in [0.4, 0.5) is 11.4 Å². The Kier molecular flexibility index (Phi) is 9.94. The van der Waals surface area contributed by atoms with Gasteiger partial charge in [0, 0.05) is 32.8 Å². The molecular formula is C29H31N4O8S-. The van der Waals surface area contributed by atoms with Gasteiger partial charge in [-0.25, -0.2) is 0 Å². The first-order valence-electron chi connectivity index (χ1n) is 12.4. The van der Waals surface area contributed by atoms with Crippen LogP contribution in [0.2, 0.25) is 0 Å². The second-order valence-corrected chi connectivity index (χ2v) is 9.20. The molecule has 13 heteroatoms. The van der Waals surface area contributed by atoms with Gasteiger partial charge in [0.2, 0.25) is 0 Å². The third-order valence-corrected chi connectivity index (χ3v) is 7.13. The van der Waals surface area contributed by atoms with Crippen LogP contribution in [-0.2, 0) is 14.4 Å². The lowest BCUT2D eigenvalue weighted by molar-refractivity contribution is -0.315. The number of thiocarbonyl (C=S) groups is 1. The summed E-state index contributed by atoms with van der Waals surface area (Å²) in [5, 5.41) is 21.4. The number of rotatable bonds is 8. The summed E-state index contributed by atoms with van der Waals surface area (Å²) in [5.74, 6) is -1.68. The fourth-order valence-electron chi connectivity index (χ4n) is 4.37. The Hall–Kier alpha value is -4.88. The van der Waals surface area contributed by atoms with Gasteiger partial charge < -0.3 is 34.1 Å². The number of allylic oxidation sites excluding steroid dienone is 2. The van der Waals surface area contributed by atoms with Crippen LogP contribution in [0.5, 0.6) is 17.2 Å². The molecule has 42 heavy (non-hydrogen) atoms. The van der Waals surface area contributed by atoms with E-state index in [4.69, 9.17) is 26.4 Å². The third-order valence-electron chi connectivity index (χ3n) is 6.58. The predicted octanol–water partition coefficient (Wildman–Crippen LogP) is 1.57. The summed E-state index contributed by atoms with van der Waals surface area (Å²) in [6.45, 7) is 5.95. The van der Waals surface area contributed by atoms with E-state index in [2.05, 4.69) is 13.2 Å². The topological polar surface area (TPSA) is 135 Å². The van der Waals surface area contributed by atoms with E-state index in [1.54, 1.807) is 6.08 Å². The van der Waals surface area contributed by atoms with Crippen molar-refractivity contribution in [2.24, 2.45) is 0 Å². The Bertz CT molecular complexity index is 1450. The lowest BCUT2D eigenvalue weighted by Crippen LogP contribution is -2.52. The highest BCUT2D eigenvalue weighted by Crippen LogP contribution is 2.42. The SMILES string of the molecule is C=C.COc1cc(C(O)C(=O)[O-])c(OC)cc1OCN1/C(=C/C=C2C(=O)N(C)C(=S)N(C)C2=O)N(C)c2ccccc21. The molecule has 1 N–H and O–H groups in total. The molecule has 0 saturated carbocycles. The van der Waals surface area contributed by atoms with Crippen molar-refractivity contribution in [3.8, 4) is 17.2 Å². The molecule has 0 spiro atoms. The number of benzene rings is 2. The van der Waals surface area contributed by atoms with Crippen molar-refractivity contribution < 1.29 is 38.8 Å². The zero-order valence-electron chi connectivity index (χ0n) is 23.8. The quantitative estimate of drug-likeness (QED) is 0.206. The maximum absolute atomic E-state index is 12.8. The number of fused-ring (bicyclic) bond motifs is 1. The van der Waals surface area contributed by atoms with E-state index in [0.29, 0.717) is 5.82 Å². The summed E-state index contributed by atoms with van der Waals surface area (Å²) in [7, 11) is 7.54. The minimum Gasteiger partial charge on any atom is -0.547 e. The summed E-state index contributed by atoms with van der Waals surface area (Å²) < 4.78 is 16.7. The number of para-hydroxylation sites is 2. The summed E-state index contributed by atoms with van der Waals surface area (Å²) in [6, 6.07) is 10.2. The van der Waals surface area contributed by atoms with Crippen LogP contribution in [0.3, 0.4) is 0 Å². The number of hydrogen-bond acceptors (Lipinski definition) is 11. The Morgan fingerprint density at radius 1 is 0.952 bits per heavy atom. The highest BCUT2D eigenvalue weighted by Gasteiger charge is 2.36. The van der Waals surface area contributed by atoms with E-state index in [9.17, 15) is 24.6 Å². The molecular weight excluding hydrogens is 564 g/mol. The maximum atomic E-state index is 12.8. The van der Waals surface area contributed by atoms with E-state index in [0.717, 1.165) is 11.4 Å².